The number of carbonyl (C=O) groups is 1. The van der Waals surface area contributed by atoms with Crippen molar-refractivity contribution in [1.29, 1.82) is 0 Å². The zero-order valence-electron chi connectivity index (χ0n) is 17.2. The topological polar surface area (TPSA) is 108 Å². The second kappa shape index (κ2) is 9.80. The van der Waals surface area contributed by atoms with Crippen molar-refractivity contribution in [3.63, 3.8) is 0 Å². The first kappa shape index (κ1) is 23.2. The molecule has 1 amide bonds. The molecule has 1 aliphatic heterocycles. The van der Waals surface area contributed by atoms with Crippen LogP contribution in [0.15, 0.2) is 36.4 Å². The number of primary amides is 1. The second-order valence-electron chi connectivity index (χ2n) is 7.26. The summed E-state index contributed by atoms with van der Waals surface area (Å²) in [6.45, 7) is 1.51. The molecule has 1 heterocycles. The van der Waals surface area contributed by atoms with Gasteiger partial charge in [0.15, 0.2) is 6.35 Å². The molecule has 2 aromatic carbocycles. The van der Waals surface area contributed by atoms with Gasteiger partial charge >= 0.3 is 0 Å². The van der Waals surface area contributed by atoms with Gasteiger partial charge < -0.3 is 25.4 Å². The van der Waals surface area contributed by atoms with Crippen LogP contribution < -0.4 is 15.2 Å². The van der Waals surface area contributed by atoms with Crippen molar-refractivity contribution in [3.05, 3.63) is 58.4 Å². The van der Waals surface area contributed by atoms with E-state index in [0.717, 1.165) is 4.90 Å². The number of β-amino-alcohol motifs (C(OH)–C–C–N with tert-alkyl or cyclic N) is 1. The standard InChI is InChI=1S/C21H25ClFN3O5/c1-12(25-10-20(28)26(21(25)29)9-19(24)27)16-7-13(23)8-18(22)17(16)11-31-15-5-3-14(30-2)4-6-15/h3-8,12,20-21,28-29H,9-11H2,1-2H3,(H2,24,27)/t12-,20-,21-/m0/s1. The predicted octanol–water partition coefficient (Wildman–Crippen LogP) is 1.82. The van der Waals surface area contributed by atoms with Gasteiger partial charge in [0, 0.05) is 18.2 Å². The molecule has 31 heavy (non-hydrogen) atoms. The van der Waals surface area contributed by atoms with Gasteiger partial charge in [-0.25, -0.2) is 9.29 Å². The Hall–Kier alpha value is -2.43. The summed E-state index contributed by atoms with van der Waals surface area (Å²) < 4.78 is 25.1. The zero-order valence-corrected chi connectivity index (χ0v) is 17.9. The molecule has 0 radical (unpaired) electrons. The van der Waals surface area contributed by atoms with Crippen molar-refractivity contribution in [1.82, 2.24) is 9.80 Å². The van der Waals surface area contributed by atoms with Crippen LogP contribution in [0.3, 0.4) is 0 Å². The van der Waals surface area contributed by atoms with E-state index in [0.29, 0.717) is 22.6 Å². The lowest BCUT2D eigenvalue weighted by molar-refractivity contribution is -0.133. The average molecular weight is 454 g/mol. The number of ether oxygens (including phenoxy) is 2. The first-order valence-electron chi connectivity index (χ1n) is 9.62. The van der Waals surface area contributed by atoms with Gasteiger partial charge in [-0.3, -0.25) is 9.69 Å². The van der Waals surface area contributed by atoms with Crippen LogP contribution in [0.1, 0.15) is 24.1 Å². The number of benzene rings is 2. The summed E-state index contributed by atoms with van der Waals surface area (Å²) in [4.78, 5) is 13.9. The van der Waals surface area contributed by atoms with Crippen LogP contribution in [0.5, 0.6) is 11.5 Å². The number of aliphatic hydroxyl groups is 2. The maximum absolute atomic E-state index is 14.2. The molecule has 10 heteroatoms. The van der Waals surface area contributed by atoms with E-state index < -0.39 is 30.3 Å². The van der Waals surface area contributed by atoms with Crippen LogP contribution in [0.4, 0.5) is 4.39 Å². The molecule has 168 valence electrons. The highest BCUT2D eigenvalue weighted by Gasteiger charge is 2.41. The van der Waals surface area contributed by atoms with Gasteiger partial charge in [-0.05, 0) is 48.9 Å². The lowest BCUT2D eigenvalue weighted by atomic mass is 10.00. The number of carbonyl (C=O) groups excluding carboxylic acids is 1. The molecular weight excluding hydrogens is 429 g/mol. The molecule has 2 aromatic rings. The third kappa shape index (κ3) is 5.25. The number of aliphatic hydroxyl groups excluding tert-OH is 2. The molecule has 3 rings (SSSR count). The third-order valence-electron chi connectivity index (χ3n) is 5.27. The van der Waals surface area contributed by atoms with E-state index in [2.05, 4.69) is 0 Å². The molecule has 8 nitrogen and oxygen atoms in total. The van der Waals surface area contributed by atoms with Crippen molar-refractivity contribution in [2.75, 3.05) is 20.2 Å². The fourth-order valence-corrected chi connectivity index (χ4v) is 3.88. The van der Waals surface area contributed by atoms with Gasteiger partial charge in [0.05, 0.1) is 18.7 Å². The van der Waals surface area contributed by atoms with E-state index in [4.69, 9.17) is 26.8 Å². The zero-order chi connectivity index (χ0) is 22.7. The monoisotopic (exact) mass is 453 g/mol. The molecule has 0 aromatic heterocycles. The molecule has 0 bridgehead atoms. The van der Waals surface area contributed by atoms with Crippen LogP contribution >= 0.6 is 11.6 Å². The largest absolute Gasteiger partial charge is 0.497 e. The number of methoxy groups -OCH3 is 1. The Morgan fingerprint density at radius 3 is 2.55 bits per heavy atom. The number of hydrogen-bond donors (Lipinski definition) is 3. The molecule has 3 atom stereocenters. The highest BCUT2D eigenvalue weighted by Crippen LogP contribution is 2.34. The molecule has 0 aliphatic carbocycles. The Bertz CT molecular complexity index is 930. The molecule has 4 N–H and O–H groups in total. The number of rotatable bonds is 8. The number of nitrogens with zero attached hydrogens (tertiary/aromatic N) is 2. The summed E-state index contributed by atoms with van der Waals surface area (Å²) in [5.74, 6) is 0.0332. The predicted molar refractivity (Wildman–Crippen MR) is 112 cm³/mol. The van der Waals surface area contributed by atoms with E-state index in [1.807, 2.05) is 0 Å². The Balaban J connectivity index is 1.83. The van der Waals surface area contributed by atoms with E-state index in [1.165, 1.54) is 17.0 Å². The number of nitrogens with two attached hydrogens (primary N) is 1. The van der Waals surface area contributed by atoms with Gasteiger partial charge in [-0.15, -0.1) is 0 Å². The molecular formula is C21H25ClFN3O5. The van der Waals surface area contributed by atoms with Gasteiger partial charge in [-0.2, -0.15) is 0 Å². The smallest absolute Gasteiger partial charge is 0.231 e. The van der Waals surface area contributed by atoms with Crippen LogP contribution in [0, 0.1) is 5.82 Å². The first-order valence-corrected chi connectivity index (χ1v) is 9.99. The van der Waals surface area contributed by atoms with Crippen molar-refractivity contribution < 1.29 is 28.9 Å². The minimum Gasteiger partial charge on any atom is -0.497 e. The highest BCUT2D eigenvalue weighted by molar-refractivity contribution is 6.31. The Kier molecular flexibility index (Phi) is 7.34. The normalized spacial score (nSPS) is 20.6. The maximum Gasteiger partial charge on any atom is 0.231 e. The minimum atomic E-state index is -1.28. The van der Waals surface area contributed by atoms with Crippen LogP contribution in [-0.4, -0.2) is 58.7 Å². The summed E-state index contributed by atoms with van der Waals surface area (Å²) >= 11 is 6.32. The minimum absolute atomic E-state index is 0.0303. The first-order chi connectivity index (χ1) is 14.7. The lowest BCUT2D eigenvalue weighted by Gasteiger charge is -2.31. The summed E-state index contributed by atoms with van der Waals surface area (Å²) in [5, 5.41) is 21.0. The Morgan fingerprint density at radius 1 is 1.29 bits per heavy atom. The van der Waals surface area contributed by atoms with Gasteiger partial charge in [0.1, 0.15) is 30.2 Å². The molecule has 0 spiro atoms. The fraction of sp³-hybridized carbons (Fsp3) is 0.381. The molecule has 0 unspecified atom stereocenters. The van der Waals surface area contributed by atoms with Crippen LogP contribution in [0.2, 0.25) is 5.02 Å². The average Bonchev–Trinajstić information content (AvgIpc) is 3.00. The summed E-state index contributed by atoms with van der Waals surface area (Å²) in [7, 11) is 1.57. The van der Waals surface area contributed by atoms with Crippen LogP contribution in [0.25, 0.3) is 0 Å². The molecule has 1 saturated heterocycles. The number of amides is 1. The summed E-state index contributed by atoms with van der Waals surface area (Å²) in [5.41, 5.74) is 6.23. The number of halogens is 2. The van der Waals surface area contributed by atoms with Crippen molar-refractivity contribution in [2.45, 2.75) is 32.2 Å². The molecule has 0 saturated carbocycles. The van der Waals surface area contributed by atoms with E-state index in [9.17, 15) is 19.4 Å². The maximum atomic E-state index is 14.2. The Labute approximate surface area is 184 Å². The summed E-state index contributed by atoms with van der Waals surface area (Å²) in [6.07, 6.45) is -2.39. The van der Waals surface area contributed by atoms with E-state index in [-0.39, 0.29) is 24.7 Å². The SMILES string of the molecule is COc1ccc(OCc2c(Cl)cc(F)cc2[C@H](C)N2C[C@H](O)N(CC(N)=O)[C@H]2O)cc1. The van der Waals surface area contributed by atoms with Gasteiger partial charge in [0.2, 0.25) is 5.91 Å². The fourth-order valence-electron chi connectivity index (χ4n) is 3.61. The lowest BCUT2D eigenvalue weighted by Crippen LogP contribution is -2.45. The molecule has 1 fully saturated rings. The van der Waals surface area contributed by atoms with Gasteiger partial charge in [0.25, 0.3) is 0 Å². The van der Waals surface area contributed by atoms with E-state index >= 15 is 0 Å². The summed E-state index contributed by atoms with van der Waals surface area (Å²) in [6, 6.07) is 8.94. The Morgan fingerprint density at radius 2 is 1.94 bits per heavy atom. The van der Waals surface area contributed by atoms with Crippen LogP contribution in [-0.2, 0) is 11.4 Å². The highest BCUT2D eigenvalue weighted by atomic mass is 35.5. The third-order valence-corrected chi connectivity index (χ3v) is 5.61. The van der Waals surface area contributed by atoms with Gasteiger partial charge in [-0.1, -0.05) is 11.6 Å². The quantitative estimate of drug-likeness (QED) is 0.559. The van der Waals surface area contributed by atoms with Crippen molar-refractivity contribution in [2.24, 2.45) is 5.73 Å². The van der Waals surface area contributed by atoms with Crippen molar-refractivity contribution >= 4 is 17.5 Å². The molecule has 1 aliphatic rings. The number of hydrogen-bond acceptors (Lipinski definition) is 7. The van der Waals surface area contributed by atoms with Crippen molar-refractivity contribution in [3.8, 4) is 11.5 Å². The second-order valence-corrected chi connectivity index (χ2v) is 7.67. The van der Waals surface area contributed by atoms with E-state index in [1.54, 1.807) is 38.3 Å².